The van der Waals surface area contributed by atoms with Crippen molar-refractivity contribution in [2.24, 2.45) is 5.92 Å². The number of nitrogens with one attached hydrogen (secondary N) is 1. The first-order valence-electron chi connectivity index (χ1n) is 10.5. The third kappa shape index (κ3) is 3.08. The van der Waals surface area contributed by atoms with Gasteiger partial charge in [0.1, 0.15) is 10.8 Å². The Labute approximate surface area is 189 Å². The Kier molecular flexibility index (Phi) is 4.41. The lowest BCUT2D eigenvalue weighted by Crippen LogP contribution is -2.30. The predicted octanol–water partition coefficient (Wildman–Crippen LogP) is 7.89. The molecule has 4 aromatic rings. The SMILES string of the molecule is Cc1ccc2nc(-c3ccc4c(c3)[C@@H]3C=CC[C@@H]3[C@H](c3c(F)cccc3Cl)N4)sc2c1. The largest absolute Gasteiger partial charge is 0.378 e. The average Bonchev–Trinajstić information content (AvgIpc) is 3.40. The number of aryl methyl sites for hydroxylation is 1. The summed E-state index contributed by atoms with van der Waals surface area (Å²) in [6.45, 7) is 2.11. The molecule has 1 aliphatic heterocycles. The monoisotopic (exact) mass is 446 g/mol. The molecule has 2 aliphatic rings. The van der Waals surface area contributed by atoms with Crippen LogP contribution in [0, 0.1) is 18.7 Å². The summed E-state index contributed by atoms with van der Waals surface area (Å²) in [6.07, 6.45) is 5.37. The molecule has 2 heterocycles. The molecule has 6 rings (SSSR count). The van der Waals surface area contributed by atoms with Crippen molar-refractivity contribution < 1.29 is 4.39 Å². The number of aromatic nitrogens is 1. The average molecular weight is 447 g/mol. The van der Waals surface area contributed by atoms with E-state index in [-0.39, 0.29) is 23.7 Å². The zero-order valence-corrected chi connectivity index (χ0v) is 18.5. The highest BCUT2D eigenvalue weighted by molar-refractivity contribution is 7.21. The Balaban J connectivity index is 1.43. The van der Waals surface area contributed by atoms with E-state index < -0.39 is 0 Å². The second-order valence-corrected chi connectivity index (χ2v) is 9.84. The first kappa shape index (κ1) is 19.0. The van der Waals surface area contributed by atoms with Crippen molar-refractivity contribution in [2.75, 3.05) is 5.32 Å². The Morgan fingerprint density at radius 2 is 2.03 bits per heavy atom. The molecular weight excluding hydrogens is 427 g/mol. The highest BCUT2D eigenvalue weighted by Crippen LogP contribution is 2.52. The lowest BCUT2D eigenvalue weighted by atomic mass is 9.76. The van der Waals surface area contributed by atoms with Gasteiger partial charge in [-0.05, 0) is 72.9 Å². The van der Waals surface area contributed by atoms with E-state index in [1.807, 2.05) is 0 Å². The van der Waals surface area contributed by atoms with Gasteiger partial charge in [-0.1, -0.05) is 35.9 Å². The van der Waals surface area contributed by atoms with E-state index in [1.54, 1.807) is 23.5 Å². The summed E-state index contributed by atoms with van der Waals surface area (Å²) in [5.41, 5.74) is 6.26. The van der Waals surface area contributed by atoms with Crippen molar-refractivity contribution >= 4 is 38.8 Å². The first-order valence-corrected chi connectivity index (χ1v) is 11.7. The van der Waals surface area contributed by atoms with Gasteiger partial charge < -0.3 is 5.32 Å². The van der Waals surface area contributed by atoms with Crippen molar-refractivity contribution in [3.05, 3.63) is 94.3 Å². The van der Waals surface area contributed by atoms with Crippen LogP contribution in [0.3, 0.4) is 0 Å². The van der Waals surface area contributed by atoms with Gasteiger partial charge in [0.25, 0.3) is 0 Å². The van der Waals surface area contributed by atoms with E-state index >= 15 is 0 Å². The van der Waals surface area contributed by atoms with Gasteiger partial charge in [-0.25, -0.2) is 9.37 Å². The summed E-state index contributed by atoms with van der Waals surface area (Å²) in [4.78, 5) is 4.86. The molecule has 0 spiro atoms. The molecule has 31 heavy (non-hydrogen) atoms. The third-order valence-electron chi connectivity index (χ3n) is 6.46. The quantitative estimate of drug-likeness (QED) is 0.316. The molecule has 0 unspecified atom stereocenters. The Morgan fingerprint density at radius 3 is 2.90 bits per heavy atom. The van der Waals surface area contributed by atoms with Crippen LogP contribution in [0.15, 0.2) is 66.7 Å². The Bertz CT molecular complexity index is 1340. The molecule has 5 heteroatoms. The van der Waals surface area contributed by atoms with Crippen LogP contribution in [0.4, 0.5) is 10.1 Å². The van der Waals surface area contributed by atoms with Gasteiger partial charge >= 0.3 is 0 Å². The number of hydrogen-bond acceptors (Lipinski definition) is 3. The minimum absolute atomic E-state index is 0.155. The highest BCUT2D eigenvalue weighted by Gasteiger charge is 2.39. The predicted molar refractivity (Wildman–Crippen MR) is 128 cm³/mol. The van der Waals surface area contributed by atoms with Crippen LogP contribution in [-0.2, 0) is 0 Å². The number of anilines is 1. The second-order valence-electron chi connectivity index (χ2n) is 8.40. The van der Waals surface area contributed by atoms with Gasteiger partial charge in [0.05, 0.1) is 16.3 Å². The number of benzene rings is 3. The molecular formula is C26H20ClFN2S. The van der Waals surface area contributed by atoms with Crippen LogP contribution < -0.4 is 5.32 Å². The maximum Gasteiger partial charge on any atom is 0.129 e. The summed E-state index contributed by atoms with van der Waals surface area (Å²) >= 11 is 8.15. The van der Waals surface area contributed by atoms with E-state index in [0.29, 0.717) is 10.6 Å². The van der Waals surface area contributed by atoms with Crippen molar-refractivity contribution in [1.82, 2.24) is 4.98 Å². The number of halogens is 2. The van der Waals surface area contributed by atoms with Crippen molar-refractivity contribution in [2.45, 2.75) is 25.3 Å². The number of nitrogens with zero attached hydrogens (tertiary/aromatic N) is 1. The minimum Gasteiger partial charge on any atom is -0.378 e. The van der Waals surface area contributed by atoms with Gasteiger partial charge in [0, 0.05) is 27.8 Å². The highest BCUT2D eigenvalue weighted by atomic mass is 35.5. The molecule has 3 aromatic carbocycles. The van der Waals surface area contributed by atoms with E-state index in [4.69, 9.17) is 16.6 Å². The Morgan fingerprint density at radius 1 is 1.13 bits per heavy atom. The normalized spacial score (nSPS) is 21.7. The number of thiazole rings is 1. The summed E-state index contributed by atoms with van der Waals surface area (Å²) in [6, 6.07) is 17.6. The molecule has 154 valence electrons. The summed E-state index contributed by atoms with van der Waals surface area (Å²) < 4.78 is 15.9. The van der Waals surface area contributed by atoms with Crippen LogP contribution in [0.25, 0.3) is 20.8 Å². The molecule has 1 aromatic heterocycles. The summed E-state index contributed by atoms with van der Waals surface area (Å²) in [5.74, 6) is 0.212. The van der Waals surface area contributed by atoms with E-state index in [2.05, 4.69) is 60.8 Å². The number of allylic oxidation sites excluding steroid dienone is 2. The molecule has 1 aliphatic carbocycles. The topological polar surface area (TPSA) is 24.9 Å². The fraction of sp³-hybridized carbons (Fsp3) is 0.192. The fourth-order valence-corrected chi connectivity index (χ4v) is 6.32. The molecule has 3 atom stereocenters. The summed E-state index contributed by atoms with van der Waals surface area (Å²) in [7, 11) is 0. The molecule has 0 bridgehead atoms. The van der Waals surface area contributed by atoms with E-state index in [9.17, 15) is 4.39 Å². The number of hydrogen-bond donors (Lipinski definition) is 1. The van der Waals surface area contributed by atoms with Crippen LogP contribution in [0.5, 0.6) is 0 Å². The van der Waals surface area contributed by atoms with Crippen LogP contribution in [-0.4, -0.2) is 4.98 Å². The third-order valence-corrected chi connectivity index (χ3v) is 7.86. The fourth-order valence-electron chi connectivity index (χ4n) is 4.98. The molecule has 1 N–H and O–H groups in total. The van der Waals surface area contributed by atoms with E-state index in [1.165, 1.54) is 21.9 Å². The standard InChI is InChI=1S/C26H20ClFN2S/c1-14-8-10-22-23(12-14)31-26(30-22)15-9-11-21-18(13-15)16-4-2-5-17(16)25(29-21)24-19(27)6-3-7-20(24)28/h2-4,6-13,16-17,25,29H,5H2,1H3/t16-,17+,25-/m1/s1. The molecule has 0 radical (unpaired) electrons. The second kappa shape index (κ2) is 7.18. The van der Waals surface area contributed by atoms with Gasteiger partial charge in [-0.15, -0.1) is 11.3 Å². The van der Waals surface area contributed by atoms with Crippen LogP contribution in [0.1, 0.15) is 35.1 Å². The van der Waals surface area contributed by atoms with Gasteiger partial charge in [-0.3, -0.25) is 0 Å². The zero-order chi connectivity index (χ0) is 21.1. The number of rotatable bonds is 2. The molecule has 0 saturated heterocycles. The molecule has 0 saturated carbocycles. The van der Waals surface area contributed by atoms with Crippen molar-refractivity contribution in [3.8, 4) is 10.6 Å². The van der Waals surface area contributed by atoms with Crippen molar-refractivity contribution in [1.29, 1.82) is 0 Å². The summed E-state index contributed by atoms with van der Waals surface area (Å²) in [5, 5.41) is 5.11. The van der Waals surface area contributed by atoms with Crippen LogP contribution >= 0.6 is 22.9 Å². The molecule has 0 fully saturated rings. The van der Waals surface area contributed by atoms with Gasteiger partial charge in [0.2, 0.25) is 0 Å². The van der Waals surface area contributed by atoms with Gasteiger partial charge in [-0.2, -0.15) is 0 Å². The first-order chi connectivity index (χ1) is 15.1. The molecule has 0 amide bonds. The number of fused-ring (bicyclic) bond motifs is 4. The lowest BCUT2D eigenvalue weighted by Gasteiger charge is -2.38. The smallest absolute Gasteiger partial charge is 0.129 e. The zero-order valence-electron chi connectivity index (χ0n) is 16.9. The van der Waals surface area contributed by atoms with E-state index in [0.717, 1.165) is 28.2 Å². The Hall–Kier alpha value is -2.69. The van der Waals surface area contributed by atoms with Crippen molar-refractivity contribution in [3.63, 3.8) is 0 Å². The maximum atomic E-state index is 14.7. The minimum atomic E-state index is -0.250. The molecule has 2 nitrogen and oxygen atoms in total. The van der Waals surface area contributed by atoms with Crippen LogP contribution in [0.2, 0.25) is 5.02 Å². The maximum absolute atomic E-state index is 14.7. The lowest BCUT2D eigenvalue weighted by molar-refractivity contribution is 0.413. The van der Waals surface area contributed by atoms with Gasteiger partial charge in [0.15, 0.2) is 0 Å².